The minimum absolute atomic E-state index is 0.108. The molecule has 1 aromatic heterocycles. The Labute approximate surface area is 236 Å². The third-order valence-corrected chi connectivity index (χ3v) is 6.23. The summed E-state index contributed by atoms with van der Waals surface area (Å²) in [6.07, 6.45) is 9.73. The van der Waals surface area contributed by atoms with E-state index in [1.807, 2.05) is 25.1 Å². The van der Waals surface area contributed by atoms with Crippen molar-refractivity contribution in [3.8, 4) is 11.8 Å². The van der Waals surface area contributed by atoms with Crippen molar-refractivity contribution >= 4 is 29.3 Å². The first-order valence-corrected chi connectivity index (χ1v) is 13.9. The second kappa shape index (κ2) is 16.2. The fourth-order valence-corrected chi connectivity index (χ4v) is 4.20. The molecule has 0 bridgehead atoms. The Hall–Kier alpha value is -3.97. The SMILES string of the molecule is CCCNc1nc(Nc2cccc(F)c2)ncc1C#CCCCNC(=O)[C@@H]1CCCCN1C(=O)/C=C/CN(C)C. The summed E-state index contributed by atoms with van der Waals surface area (Å²) in [5.74, 6) is 6.66. The van der Waals surface area contributed by atoms with Gasteiger partial charge in [-0.2, -0.15) is 4.98 Å². The number of anilines is 3. The van der Waals surface area contributed by atoms with Crippen LogP contribution in [0.5, 0.6) is 0 Å². The molecule has 2 aromatic rings. The molecule has 0 spiro atoms. The lowest BCUT2D eigenvalue weighted by atomic mass is 10.0. The lowest BCUT2D eigenvalue weighted by Gasteiger charge is -2.34. The topological polar surface area (TPSA) is 102 Å². The molecule has 1 aliphatic rings. The van der Waals surface area contributed by atoms with Gasteiger partial charge in [-0.1, -0.05) is 30.9 Å². The number of halogens is 1. The molecule has 40 heavy (non-hydrogen) atoms. The second-order valence-corrected chi connectivity index (χ2v) is 9.92. The minimum atomic E-state index is -0.430. The van der Waals surface area contributed by atoms with E-state index in [1.54, 1.807) is 29.3 Å². The zero-order valence-corrected chi connectivity index (χ0v) is 23.7. The Morgan fingerprint density at radius 3 is 2.88 bits per heavy atom. The summed E-state index contributed by atoms with van der Waals surface area (Å²) >= 11 is 0. The largest absolute Gasteiger partial charge is 0.369 e. The number of hydrogen-bond donors (Lipinski definition) is 3. The van der Waals surface area contributed by atoms with Crippen LogP contribution in [0.2, 0.25) is 0 Å². The molecule has 9 nitrogen and oxygen atoms in total. The number of benzene rings is 1. The third-order valence-electron chi connectivity index (χ3n) is 6.23. The predicted molar refractivity (Wildman–Crippen MR) is 157 cm³/mol. The fraction of sp³-hybridized carbons (Fsp3) is 0.467. The van der Waals surface area contributed by atoms with Gasteiger partial charge in [-0.15, -0.1) is 0 Å². The normalized spacial score (nSPS) is 15.0. The highest BCUT2D eigenvalue weighted by Crippen LogP contribution is 2.19. The molecule has 10 heteroatoms. The van der Waals surface area contributed by atoms with Crippen molar-refractivity contribution in [3.05, 3.63) is 54.0 Å². The number of carbonyl (C=O) groups excluding carboxylic acids is 2. The summed E-state index contributed by atoms with van der Waals surface area (Å²) in [6, 6.07) is 5.68. The highest BCUT2D eigenvalue weighted by molar-refractivity contribution is 5.93. The monoisotopic (exact) mass is 549 g/mol. The lowest BCUT2D eigenvalue weighted by molar-refractivity contribution is -0.138. The number of nitrogens with one attached hydrogen (secondary N) is 3. The van der Waals surface area contributed by atoms with Gasteiger partial charge in [0.05, 0.1) is 11.8 Å². The van der Waals surface area contributed by atoms with Crippen LogP contribution >= 0.6 is 0 Å². The number of likely N-dealkylation sites (N-methyl/N-ethyl adjacent to an activating group) is 1. The van der Waals surface area contributed by atoms with E-state index in [2.05, 4.69) is 44.7 Å². The molecule has 3 N–H and O–H groups in total. The lowest BCUT2D eigenvalue weighted by Crippen LogP contribution is -2.51. The number of aromatic nitrogens is 2. The van der Waals surface area contributed by atoms with E-state index >= 15 is 0 Å². The van der Waals surface area contributed by atoms with Gasteiger partial charge < -0.3 is 25.8 Å². The van der Waals surface area contributed by atoms with Crippen LogP contribution in [0.15, 0.2) is 42.6 Å². The van der Waals surface area contributed by atoms with E-state index < -0.39 is 6.04 Å². The van der Waals surface area contributed by atoms with Gasteiger partial charge in [0, 0.05) is 44.4 Å². The molecule has 214 valence electrons. The number of likely N-dealkylation sites (tertiary alicyclic amines) is 1. The van der Waals surface area contributed by atoms with Crippen LogP contribution in [0.3, 0.4) is 0 Å². The van der Waals surface area contributed by atoms with E-state index in [9.17, 15) is 14.0 Å². The van der Waals surface area contributed by atoms with Gasteiger partial charge in [-0.05, 0) is 64.4 Å². The van der Waals surface area contributed by atoms with Gasteiger partial charge in [0.2, 0.25) is 17.8 Å². The van der Waals surface area contributed by atoms with Gasteiger partial charge >= 0.3 is 0 Å². The Morgan fingerprint density at radius 1 is 1.25 bits per heavy atom. The first kappa shape index (κ1) is 30.6. The van der Waals surface area contributed by atoms with Crippen molar-refractivity contribution in [3.63, 3.8) is 0 Å². The van der Waals surface area contributed by atoms with Crippen molar-refractivity contribution in [2.24, 2.45) is 0 Å². The first-order valence-electron chi connectivity index (χ1n) is 13.9. The molecule has 0 radical (unpaired) electrons. The van der Waals surface area contributed by atoms with Crippen molar-refractivity contribution in [2.75, 3.05) is 50.9 Å². The number of nitrogens with zero attached hydrogens (tertiary/aromatic N) is 4. The first-order chi connectivity index (χ1) is 19.4. The molecule has 1 atom stereocenters. The molecule has 1 aliphatic heterocycles. The molecule has 2 amide bonds. The number of piperidine rings is 1. The summed E-state index contributed by atoms with van der Waals surface area (Å²) in [7, 11) is 3.88. The molecule has 2 heterocycles. The highest BCUT2D eigenvalue weighted by atomic mass is 19.1. The quantitative estimate of drug-likeness (QED) is 0.210. The molecule has 0 unspecified atom stereocenters. The van der Waals surface area contributed by atoms with E-state index in [-0.39, 0.29) is 17.6 Å². The van der Waals surface area contributed by atoms with Gasteiger partial charge in [0.1, 0.15) is 17.7 Å². The molecular weight excluding hydrogens is 509 g/mol. The van der Waals surface area contributed by atoms with Crippen molar-refractivity contribution in [1.82, 2.24) is 25.1 Å². The van der Waals surface area contributed by atoms with Crippen LogP contribution in [0.4, 0.5) is 21.8 Å². The van der Waals surface area contributed by atoms with Crippen molar-refractivity contribution in [1.29, 1.82) is 0 Å². The average molecular weight is 550 g/mol. The standard InChI is InChI=1S/C30H40FN7O2/c1-4-17-32-28-23(22-34-30(36-28)35-25-14-10-13-24(31)21-25)12-6-5-8-18-33-29(40)26-15-7-9-20-38(26)27(39)16-11-19-37(2)3/h10-11,13-14,16,21-22,26H,4-5,7-9,15,17-20H2,1-3H3,(H,33,40)(H2,32,34,35,36)/b16-11+/t26-/m0/s1. The number of amides is 2. The summed E-state index contributed by atoms with van der Waals surface area (Å²) < 4.78 is 13.5. The number of hydrogen-bond acceptors (Lipinski definition) is 7. The Balaban J connectivity index is 1.51. The predicted octanol–water partition coefficient (Wildman–Crippen LogP) is 3.93. The average Bonchev–Trinajstić information content (AvgIpc) is 2.94. The van der Waals surface area contributed by atoms with E-state index in [4.69, 9.17) is 0 Å². The fourth-order valence-electron chi connectivity index (χ4n) is 4.20. The van der Waals surface area contributed by atoms with Crippen molar-refractivity contribution in [2.45, 2.75) is 51.5 Å². The van der Waals surface area contributed by atoms with E-state index in [0.717, 1.165) is 25.8 Å². The Bertz CT molecular complexity index is 1220. The zero-order valence-electron chi connectivity index (χ0n) is 23.7. The summed E-state index contributed by atoms with van der Waals surface area (Å²) in [5.41, 5.74) is 1.23. The van der Waals surface area contributed by atoms with Gasteiger partial charge in [-0.3, -0.25) is 9.59 Å². The molecule has 1 fully saturated rings. The van der Waals surface area contributed by atoms with Crippen molar-refractivity contribution < 1.29 is 14.0 Å². The second-order valence-electron chi connectivity index (χ2n) is 9.92. The number of rotatable bonds is 12. The number of unbranched alkanes of at least 4 members (excludes halogenated alkanes) is 1. The summed E-state index contributed by atoms with van der Waals surface area (Å²) in [5, 5.41) is 9.26. The van der Waals surface area contributed by atoms with Crippen LogP contribution < -0.4 is 16.0 Å². The van der Waals surface area contributed by atoms with Gasteiger partial charge in [0.15, 0.2) is 0 Å². The summed E-state index contributed by atoms with van der Waals surface area (Å²) in [6.45, 7) is 4.54. The highest BCUT2D eigenvalue weighted by Gasteiger charge is 2.30. The van der Waals surface area contributed by atoms with Crippen LogP contribution in [-0.2, 0) is 9.59 Å². The smallest absolute Gasteiger partial charge is 0.246 e. The zero-order chi connectivity index (χ0) is 28.7. The molecule has 1 saturated heterocycles. The molecule has 3 rings (SSSR count). The van der Waals surface area contributed by atoms with Gasteiger partial charge in [0.25, 0.3) is 0 Å². The van der Waals surface area contributed by atoms with Gasteiger partial charge in [-0.25, -0.2) is 9.37 Å². The minimum Gasteiger partial charge on any atom is -0.369 e. The maximum Gasteiger partial charge on any atom is 0.246 e. The van der Waals surface area contributed by atoms with E-state index in [0.29, 0.717) is 61.9 Å². The molecule has 0 aliphatic carbocycles. The summed E-state index contributed by atoms with van der Waals surface area (Å²) in [4.78, 5) is 38.0. The Kier molecular flexibility index (Phi) is 12.4. The maximum atomic E-state index is 13.5. The maximum absolute atomic E-state index is 13.5. The van der Waals surface area contributed by atoms with E-state index in [1.165, 1.54) is 12.1 Å². The Morgan fingerprint density at radius 2 is 2.10 bits per heavy atom. The van der Waals surface area contributed by atoms with Crippen LogP contribution in [0.1, 0.15) is 51.0 Å². The molecular formula is C30H40FN7O2. The van der Waals surface area contributed by atoms with Crippen LogP contribution in [-0.4, -0.2) is 77.9 Å². The molecule has 0 saturated carbocycles. The molecule has 1 aromatic carbocycles. The van der Waals surface area contributed by atoms with Crippen LogP contribution in [0.25, 0.3) is 0 Å². The number of carbonyl (C=O) groups is 2. The third kappa shape index (κ3) is 9.97. The van der Waals surface area contributed by atoms with Crippen LogP contribution in [0, 0.1) is 17.7 Å².